The van der Waals surface area contributed by atoms with Gasteiger partial charge in [0.05, 0.1) is 18.4 Å². The van der Waals surface area contributed by atoms with Gasteiger partial charge in [0, 0.05) is 6.54 Å². The first kappa shape index (κ1) is 17.6. The van der Waals surface area contributed by atoms with Crippen LogP contribution in [0, 0.1) is 0 Å². The Labute approximate surface area is 138 Å². The summed E-state index contributed by atoms with van der Waals surface area (Å²) in [5, 5.41) is 10.8. The van der Waals surface area contributed by atoms with Gasteiger partial charge in [0.15, 0.2) is 6.10 Å². The van der Waals surface area contributed by atoms with Crippen LogP contribution in [0.2, 0.25) is 0 Å². The lowest BCUT2D eigenvalue weighted by Gasteiger charge is -2.13. The largest absolute Gasteiger partial charge is 0.452 e. The van der Waals surface area contributed by atoms with Gasteiger partial charge in [0.1, 0.15) is 5.52 Å². The van der Waals surface area contributed by atoms with Gasteiger partial charge in [-0.1, -0.05) is 24.3 Å². The van der Waals surface area contributed by atoms with E-state index in [1.54, 1.807) is 24.3 Å². The summed E-state index contributed by atoms with van der Waals surface area (Å²) in [6.45, 7) is 4.01. The number of hydrogen-bond acceptors (Lipinski definition) is 6. The predicted molar refractivity (Wildman–Crippen MR) is 87.3 cm³/mol. The van der Waals surface area contributed by atoms with Crippen molar-refractivity contribution in [1.82, 2.24) is 20.3 Å². The van der Waals surface area contributed by atoms with E-state index in [9.17, 15) is 14.4 Å². The molecule has 0 radical (unpaired) electrons. The minimum absolute atomic E-state index is 0.0405. The molecule has 1 aromatic carbocycles. The molecule has 128 valence electrons. The van der Waals surface area contributed by atoms with Gasteiger partial charge < -0.3 is 10.1 Å². The number of carbonyl (C=O) groups is 2. The van der Waals surface area contributed by atoms with E-state index in [1.165, 1.54) is 6.92 Å². The van der Waals surface area contributed by atoms with E-state index in [4.69, 9.17) is 4.74 Å². The van der Waals surface area contributed by atoms with Crippen LogP contribution in [0.3, 0.4) is 0 Å². The van der Waals surface area contributed by atoms with Gasteiger partial charge in [0.25, 0.3) is 11.5 Å². The van der Waals surface area contributed by atoms with Gasteiger partial charge in [-0.2, -0.15) is 0 Å². The molecular formula is C16H20N4O4. The van der Waals surface area contributed by atoms with Gasteiger partial charge in [-0.3, -0.25) is 14.4 Å². The number of amides is 1. The molecule has 1 unspecified atom stereocenters. The Morgan fingerprint density at radius 1 is 1.33 bits per heavy atom. The second kappa shape index (κ2) is 8.19. The van der Waals surface area contributed by atoms with E-state index in [0.717, 1.165) is 11.1 Å². The number of benzene rings is 1. The van der Waals surface area contributed by atoms with E-state index < -0.39 is 12.1 Å². The first-order valence-corrected chi connectivity index (χ1v) is 7.82. The summed E-state index contributed by atoms with van der Waals surface area (Å²) in [4.78, 5) is 35.7. The summed E-state index contributed by atoms with van der Waals surface area (Å²) in [7, 11) is 0. The summed E-state index contributed by atoms with van der Waals surface area (Å²) in [5.41, 5.74) is 0.185. The van der Waals surface area contributed by atoms with Gasteiger partial charge >= 0.3 is 5.97 Å². The summed E-state index contributed by atoms with van der Waals surface area (Å²) in [6.07, 6.45) is -0.141. The van der Waals surface area contributed by atoms with Crippen LogP contribution in [0.25, 0.3) is 10.9 Å². The molecule has 24 heavy (non-hydrogen) atoms. The van der Waals surface area contributed by atoms with Crippen LogP contribution in [0.15, 0.2) is 29.1 Å². The number of carbonyl (C=O) groups excluding carboxylic acids is 2. The zero-order valence-corrected chi connectivity index (χ0v) is 13.7. The normalized spacial score (nSPS) is 11.9. The highest BCUT2D eigenvalue weighted by Crippen LogP contribution is 2.04. The maximum atomic E-state index is 12.2. The molecule has 0 bridgehead atoms. The molecule has 0 fully saturated rings. The molecule has 0 aliphatic rings. The lowest BCUT2D eigenvalue weighted by Crippen LogP contribution is -2.36. The van der Waals surface area contributed by atoms with Crippen LogP contribution in [0.4, 0.5) is 0 Å². The smallest absolute Gasteiger partial charge is 0.308 e. The number of fused-ring (bicyclic) bond motifs is 1. The quantitative estimate of drug-likeness (QED) is 0.746. The molecule has 0 aliphatic heterocycles. The molecule has 8 heteroatoms. The third-order valence-electron chi connectivity index (χ3n) is 3.38. The van der Waals surface area contributed by atoms with Crippen LogP contribution in [0.1, 0.15) is 26.7 Å². The van der Waals surface area contributed by atoms with Crippen LogP contribution in [0.5, 0.6) is 0 Å². The van der Waals surface area contributed by atoms with Crippen molar-refractivity contribution in [1.29, 1.82) is 0 Å². The average molecular weight is 332 g/mol. The first-order chi connectivity index (χ1) is 11.5. The number of nitrogens with one attached hydrogen (secondary N) is 1. The van der Waals surface area contributed by atoms with Crippen molar-refractivity contribution in [3.63, 3.8) is 0 Å². The highest BCUT2D eigenvalue weighted by molar-refractivity contribution is 5.83. The molecular weight excluding hydrogens is 312 g/mol. The Bertz CT molecular complexity index is 787. The zero-order chi connectivity index (χ0) is 17.5. The topological polar surface area (TPSA) is 103 Å². The van der Waals surface area contributed by atoms with Crippen molar-refractivity contribution in [2.45, 2.75) is 39.3 Å². The van der Waals surface area contributed by atoms with Crippen molar-refractivity contribution in [3.8, 4) is 0 Å². The second-order valence-corrected chi connectivity index (χ2v) is 5.31. The van der Waals surface area contributed by atoms with Crippen molar-refractivity contribution < 1.29 is 14.3 Å². The van der Waals surface area contributed by atoms with Crippen molar-refractivity contribution in [3.05, 3.63) is 34.6 Å². The van der Waals surface area contributed by atoms with Gasteiger partial charge in [-0.15, -0.1) is 5.10 Å². The molecule has 1 heterocycles. The van der Waals surface area contributed by atoms with Crippen molar-refractivity contribution >= 4 is 22.8 Å². The highest BCUT2D eigenvalue weighted by atomic mass is 16.5. The van der Waals surface area contributed by atoms with E-state index in [0.29, 0.717) is 17.4 Å². The molecule has 1 atom stereocenters. The Morgan fingerprint density at radius 2 is 2.08 bits per heavy atom. The van der Waals surface area contributed by atoms with Crippen molar-refractivity contribution in [2.75, 3.05) is 6.54 Å². The molecule has 1 aromatic heterocycles. The van der Waals surface area contributed by atoms with E-state index >= 15 is 0 Å². The SMILES string of the molecule is CCCNC(=O)C(C)OC(=O)CCn1nnc2ccccc2c1=O. The Kier molecular flexibility index (Phi) is 6.00. The lowest BCUT2D eigenvalue weighted by atomic mass is 10.2. The molecule has 1 N–H and O–H groups in total. The van der Waals surface area contributed by atoms with Crippen LogP contribution in [-0.2, 0) is 20.9 Å². The summed E-state index contributed by atoms with van der Waals surface area (Å²) < 4.78 is 6.16. The standard InChI is InChI=1S/C16H20N4O4/c1-3-9-17-15(22)11(2)24-14(21)8-10-20-16(23)12-6-4-5-7-13(12)18-19-20/h4-7,11H,3,8-10H2,1-2H3,(H,17,22). The fourth-order valence-electron chi connectivity index (χ4n) is 2.07. The Hall–Kier alpha value is -2.77. The van der Waals surface area contributed by atoms with Crippen LogP contribution >= 0.6 is 0 Å². The minimum Gasteiger partial charge on any atom is -0.452 e. The van der Waals surface area contributed by atoms with E-state index in [-0.39, 0.29) is 24.4 Å². The number of aryl methyl sites for hydroxylation is 1. The average Bonchev–Trinajstić information content (AvgIpc) is 2.59. The molecule has 2 rings (SSSR count). The molecule has 0 saturated heterocycles. The maximum absolute atomic E-state index is 12.2. The van der Waals surface area contributed by atoms with E-state index in [2.05, 4.69) is 15.6 Å². The zero-order valence-electron chi connectivity index (χ0n) is 13.7. The minimum atomic E-state index is -0.872. The number of hydrogen-bond donors (Lipinski definition) is 1. The molecule has 0 aliphatic carbocycles. The molecule has 2 aromatic rings. The summed E-state index contributed by atoms with van der Waals surface area (Å²) in [6, 6.07) is 6.85. The third kappa shape index (κ3) is 4.37. The fourth-order valence-corrected chi connectivity index (χ4v) is 2.07. The predicted octanol–water partition coefficient (Wildman–Crippen LogP) is 0.639. The van der Waals surface area contributed by atoms with Gasteiger partial charge in [0.2, 0.25) is 0 Å². The Balaban J connectivity index is 1.93. The van der Waals surface area contributed by atoms with E-state index in [1.807, 2.05) is 6.92 Å². The maximum Gasteiger partial charge on any atom is 0.308 e. The van der Waals surface area contributed by atoms with Crippen LogP contribution in [-0.4, -0.2) is 39.5 Å². The number of aromatic nitrogens is 3. The number of ether oxygens (including phenoxy) is 1. The monoisotopic (exact) mass is 332 g/mol. The number of esters is 1. The third-order valence-corrected chi connectivity index (χ3v) is 3.38. The molecule has 8 nitrogen and oxygen atoms in total. The van der Waals surface area contributed by atoms with Gasteiger partial charge in [-0.25, -0.2) is 4.68 Å². The van der Waals surface area contributed by atoms with Gasteiger partial charge in [-0.05, 0) is 25.5 Å². The summed E-state index contributed by atoms with van der Waals surface area (Å²) >= 11 is 0. The molecule has 0 saturated carbocycles. The lowest BCUT2D eigenvalue weighted by molar-refractivity contribution is -0.155. The van der Waals surface area contributed by atoms with Crippen molar-refractivity contribution in [2.24, 2.45) is 0 Å². The fraction of sp³-hybridized carbons (Fsp3) is 0.438. The highest BCUT2D eigenvalue weighted by Gasteiger charge is 2.17. The summed E-state index contributed by atoms with van der Waals surface area (Å²) in [5.74, 6) is -0.913. The number of rotatable bonds is 7. The van der Waals surface area contributed by atoms with Crippen LogP contribution < -0.4 is 10.9 Å². The number of nitrogens with zero attached hydrogens (tertiary/aromatic N) is 3. The second-order valence-electron chi connectivity index (χ2n) is 5.31. The Morgan fingerprint density at radius 3 is 2.83 bits per heavy atom. The molecule has 0 spiro atoms. The first-order valence-electron chi connectivity index (χ1n) is 7.82. The molecule has 1 amide bonds.